The monoisotopic (exact) mass is 341 g/mol. The molecule has 0 saturated carbocycles. The largest absolute Gasteiger partial charge is 0.360 e. The molecule has 10 heteroatoms. The minimum absolute atomic E-state index is 0.0837. The van der Waals surface area contributed by atoms with E-state index in [1.807, 2.05) is 13.8 Å². The lowest BCUT2D eigenvalue weighted by molar-refractivity contribution is 0.390. The van der Waals surface area contributed by atoms with E-state index in [2.05, 4.69) is 20.0 Å². The van der Waals surface area contributed by atoms with E-state index in [1.54, 1.807) is 18.4 Å². The molecule has 0 unspecified atom stereocenters. The maximum Gasteiger partial charge on any atom is 0.246 e. The average molecular weight is 341 g/mol. The summed E-state index contributed by atoms with van der Waals surface area (Å²) in [6.07, 6.45) is 0. The second-order valence-corrected chi connectivity index (χ2v) is 7.80. The summed E-state index contributed by atoms with van der Waals surface area (Å²) in [6, 6.07) is 0. The fourth-order valence-corrected chi connectivity index (χ4v) is 4.40. The van der Waals surface area contributed by atoms with E-state index in [1.165, 1.54) is 11.3 Å². The van der Waals surface area contributed by atoms with E-state index in [0.29, 0.717) is 5.69 Å². The quantitative estimate of drug-likeness (QED) is 0.771. The van der Waals surface area contributed by atoms with Gasteiger partial charge in [-0.2, -0.15) is 5.10 Å². The van der Waals surface area contributed by atoms with Crippen molar-refractivity contribution in [2.75, 3.05) is 0 Å². The SMILES string of the molecule is Cc1nn2c(CNS(=O)(=O)c3c(C)noc3C)c(C)nc2s1. The van der Waals surface area contributed by atoms with Crippen LogP contribution in [0.25, 0.3) is 4.96 Å². The minimum Gasteiger partial charge on any atom is -0.360 e. The van der Waals surface area contributed by atoms with Crippen molar-refractivity contribution >= 4 is 26.3 Å². The summed E-state index contributed by atoms with van der Waals surface area (Å²) < 4.78 is 34.0. The van der Waals surface area contributed by atoms with Crippen LogP contribution < -0.4 is 4.72 Å². The molecule has 0 fully saturated rings. The van der Waals surface area contributed by atoms with Gasteiger partial charge >= 0.3 is 0 Å². The summed E-state index contributed by atoms with van der Waals surface area (Å²) in [6.45, 7) is 6.98. The molecular formula is C12H15N5O3S2. The number of imidazole rings is 1. The Morgan fingerprint density at radius 1 is 1.23 bits per heavy atom. The standard InChI is InChI=1S/C12H15N5O3S2/c1-6-10(17-12(14-6)21-9(4)15-17)5-13-22(18,19)11-7(2)16-20-8(11)3/h13H,5H2,1-4H3. The molecule has 8 nitrogen and oxygen atoms in total. The predicted octanol–water partition coefficient (Wildman–Crippen LogP) is 1.49. The van der Waals surface area contributed by atoms with Gasteiger partial charge in [0, 0.05) is 0 Å². The Morgan fingerprint density at radius 2 is 1.95 bits per heavy atom. The molecule has 0 aliphatic carbocycles. The van der Waals surface area contributed by atoms with Crippen LogP contribution in [0.4, 0.5) is 0 Å². The highest BCUT2D eigenvalue weighted by molar-refractivity contribution is 7.89. The van der Waals surface area contributed by atoms with E-state index in [4.69, 9.17) is 4.52 Å². The molecule has 0 aliphatic heterocycles. The molecule has 0 aromatic carbocycles. The van der Waals surface area contributed by atoms with Crippen molar-refractivity contribution in [1.29, 1.82) is 0 Å². The van der Waals surface area contributed by atoms with Crippen LogP contribution >= 0.6 is 11.3 Å². The average Bonchev–Trinajstić information content (AvgIpc) is 3.01. The second kappa shape index (κ2) is 5.14. The van der Waals surface area contributed by atoms with Crippen LogP contribution in [0.3, 0.4) is 0 Å². The van der Waals surface area contributed by atoms with Gasteiger partial charge in [0.15, 0.2) is 5.76 Å². The fourth-order valence-electron chi connectivity index (χ4n) is 2.28. The first-order chi connectivity index (χ1) is 10.3. The molecule has 3 rings (SSSR count). The predicted molar refractivity (Wildman–Crippen MR) is 80.3 cm³/mol. The number of aryl methyl sites for hydroxylation is 4. The summed E-state index contributed by atoms with van der Waals surface area (Å²) in [7, 11) is -3.70. The van der Waals surface area contributed by atoms with Crippen molar-refractivity contribution in [3.63, 3.8) is 0 Å². The third-order valence-electron chi connectivity index (χ3n) is 3.26. The van der Waals surface area contributed by atoms with E-state index < -0.39 is 10.0 Å². The third kappa shape index (κ3) is 2.42. The van der Waals surface area contributed by atoms with E-state index in [-0.39, 0.29) is 17.2 Å². The maximum absolute atomic E-state index is 12.4. The number of nitrogens with one attached hydrogen (secondary N) is 1. The van der Waals surface area contributed by atoms with Crippen molar-refractivity contribution in [3.05, 3.63) is 27.8 Å². The Kier molecular flexibility index (Phi) is 3.54. The Morgan fingerprint density at radius 3 is 2.59 bits per heavy atom. The van der Waals surface area contributed by atoms with Crippen molar-refractivity contribution in [2.24, 2.45) is 0 Å². The van der Waals surface area contributed by atoms with Crippen molar-refractivity contribution < 1.29 is 12.9 Å². The Hall–Kier alpha value is -1.78. The summed E-state index contributed by atoms with van der Waals surface area (Å²) in [5.41, 5.74) is 1.81. The van der Waals surface area contributed by atoms with Crippen LogP contribution in [-0.2, 0) is 16.6 Å². The number of aromatic nitrogens is 4. The van der Waals surface area contributed by atoms with E-state index in [9.17, 15) is 8.42 Å². The summed E-state index contributed by atoms with van der Waals surface area (Å²) >= 11 is 1.46. The van der Waals surface area contributed by atoms with Gasteiger partial charge in [0.1, 0.15) is 15.6 Å². The van der Waals surface area contributed by atoms with Crippen LogP contribution in [0.15, 0.2) is 9.42 Å². The molecule has 3 aromatic rings. The topological polar surface area (TPSA) is 102 Å². The Balaban J connectivity index is 1.92. The van der Waals surface area contributed by atoms with Gasteiger partial charge in [0.25, 0.3) is 0 Å². The van der Waals surface area contributed by atoms with Gasteiger partial charge in [-0.15, -0.1) is 0 Å². The molecule has 0 saturated heterocycles. The molecule has 3 aromatic heterocycles. The van der Waals surface area contributed by atoms with Crippen molar-refractivity contribution in [2.45, 2.75) is 39.1 Å². The van der Waals surface area contributed by atoms with Crippen LogP contribution in [0.5, 0.6) is 0 Å². The van der Waals surface area contributed by atoms with Crippen LogP contribution in [0, 0.1) is 27.7 Å². The van der Waals surface area contributed by atoms with Crippen molar-refractivity contribution in [1.82, 2.24) is 24.5 Å². The molecule has 0 radical (unpaired) electrons. The van der Waals surface area contributed by atoms with Gasteiger partial charge in [0.2, 0.25) is 15.0 Å². The highest BCUT2D eigenvalue weighted by Gasteiger charge is 2.25. The molecule has 0 atom stereocenters. The first-order valence-corrected chi connectivity index (χ1v) is 8.83. The van der Waals surface area contributed by atoms with Crippen LogP contribution in [0.2, 0.25) is 0 Å². The van der Waals surface area contributed by atoms with Gasteiger partial charge in [-0.1, -0.05) is 16.5 Å². The molecule has 0 aliphatic rings. The minimum atomic E-state index is -3.70. The van der Waals surface area contributed by atoms with Crippen molar-refractivity contribution in [3.8, 4) is 0 Å². The van der Waals surface area contributed by atoms with Crippen LogP contribution in [-0.4, -0.2) is 28.2 Å². The first kappa shape index (κ1) is 15.1. The molecule has 118 valence electrons. The summed E-state index contributed by atoms with van der Waals surface area (Å²) in [5.74, 6) is 0.268. The Labute approximate surface area is 131 Å². The molecule has 0 bridgehead atoms. The number of fused-ring (bicyclic) bond motifs is 1. The lowest BCUT2D eigenvalue weighted by Gasteiger charge is -2.06. The highest BCUT2D eigenvalue weighted by atomic mass is 32.2. The molecule has 0 spiro atoms. The molecule has 0 amide bonds. The number of hydrogen-bond donors (Lipinski definition) is 1. The number of nitrogens with zero attached hydrogens (tertiary/aromatic N) is 4. The zero-order valence-electron chi connectivity index (χ0n) is 12.5. The highest BCUT2D eigenvalue weighted by Crippen LogP contribution is 2.21. The Bertz CT molecular complexity index is 932. The third-order valence-corrected chi connectivity index (χ3v) is 5.73. The van der Waals surface area contributed by atoms with Gasteiger partial charge < -0.3 is 4.52 Å². The first-order valence-electron chi connectivity index (χ1n) is 6.54. The molecule has 1 N–H and O–H groups in total. The second-order valence-electron chi connectivity index (χ2n) is 4.94. The zero-order valence-corrected chi connectivity index (χ0v) is 14.2. The smallest absolute Gasteiger partial charge is 0.246 e. The maximum atomic E-state index is 12.4. The fraction of sp³-hybridized carbons (Fsp3) is 0.417. The molecule has 22 heavy (non-hydrogen) atoms. The van der Waals surface area contributed by atoms with Gasteiger partial charge in [0.05, 0.1) is 17.9 Å². The summed E-state index contributed by atoms with van der Waals surface area (Å²) in [5, 5.41) is 8.89. The zero-order chi connectivity index (χ0) is 16.1. The normalized spacial score (nSPS) is 12.4. The van der Waals surface area contributed by atoms with Gasteiger partial charge in [-0.25, -0.2) is 22.6 Å². The summed E-state index contributed by atoms with van der Waals surface area (Å²) in [4.78, 5) is 5.22. The van der Waals surface area contributed by atoms with E-state index in [0.717, 1.165) is 21.4 Å². The lowest BCUT2D eigenvalue weighted by Crippen LogP contribution is -2.25. The molecule has 3 heterocycles. The van der Waals surface area contributed by atoms with Gasteiger partial charge in [-0.3, -0.25) is 0 Å². The number of hydrogen-bond acceptors (Lipinski definition) is 7. The number of sulfonamides is 1. The van der Waals surface area contributed by atoms with Gasteiger partial charge in [-0.05, 0) is 27.7 Å². The lowest BCUT2D eigenvalue weighted by atomic mass is 10.3. The number of rotatable bonds is 4. The van der Waals surface area contributed by atoms with E-state index >= 15 is 0 Å². The molecular weight excluding hydrogens is 326 g/mol. The van der Waals surface area contributed by atoms with Crippen LogP contribution in [0.1, 0.15) is 27.8 Å².